The molecule has 0 atom stereocenters. The molecule has 3 aromatic rings. The number of hydrogen-bond donors (Lipinski definition) is 2. The molecule has 0 aromatic heterocycles. The van der Waals surface area contributed by atoms with Crippen molar-refractivity contribution < 1.29 is 19.1 Å². The summed E-state index contributed by atoms with van der Waals surface area (Å²) in [5, 5.41) is 5.36. The van der Waals surface area contributed by atoms with E-state index in [1.807, 2.05) is 44.2 Å². The quantitative estimate of drug-likeness (QED) is 0.577. The molecule has 0 aliphatic rings. The highest BCUT2D eigenvalue weighted by Crippen LogP contribution is 2.25. The van der Waals surface area contributed by atoms with Gasteiger partial charge in [-0.2, -0.15) is 0 Å². The zero-order valence-corrected chi connectivity index (χ0v) is 17.0. The lowest BCUT2D eigenvalue weighted by Crippen LogP contribution is -2.32. The topological polar surface area (TPSA) is 76.7 Å². The number of carbonyl (C=O) groups excluding carboxylic acids is 2. The first-order valence-corrected chi connectivity index (χ1v) is 9.69. The summed E-state index contributed by atoms with van der Waals surface area (Å²) in [5.74, 6) is 1.53. The summed E-state index contributed by atoms with van der Waals surface area (Å²) in [7, 11) is 0. The Labute approximate surface area is 175 Å². The first-order valence-electron chi connectivity index (χ1n) is 9.69. The summed E-state index contributed by atoms with van der Waals surface area (Å²) >= 11 is 0. The number of carbonyl (C=O) groups is 2. The average molecular weight is 404 g/mol. The van der Waals surface area contributed by atoms with Crippen LogP contribution in [0.4, 0.5) is 5.69 Å². The summed E-state index contributed by atoms with van der Waals surface area (Å²) in [6.07, 6.45) is 0. The van der Waals surface area contributed by atoms with Gasteiger partial charge >= 0.3 is 0 Å². The zero-order valence-electron chi connectivity index (χ0n) is 17.0. The molecule has 0 aliphatic carbocycles. The molecule has 0 heterocycles. The van der Waals surface area contributed by atoms with E-state index in [1.165, 1.54) is 0 Å². The predicted molar refractivity (Wildman–Crippen MR) is 116 cm³/mol. The summed E-state index contributed by atoms with van der Waals surface area (Å²) in [6, 6.07) is 21.6. The number of benzene rings is 3. The van der Waals surface area contributed by atoms with Crippen LogP contribution in [0.2, 0.25) is 0 Å². The summed E-state index contributed by atoms with van der Waals surface area (Å²) in [4.78, 5) is 24.2. The maximum atomic E-state index is 12.1. The lowest BCUT2D eigenvalue weighted by atomic mass is 10.1. The molecule has 0 saturated carbocycles. The lowest BCUT2D eigenvalue weighted by Gasteiger charge is -2.10. The van der Waals surface area contributed by atoms with Gasteiger partial charge in [0.2, 0.25) is 5.91 Å². The van der Waals surface area contributed by atoms with Crippen LogP contribution in [0, 0.1) is 6.92 Å². The fourth-order valence-electron chi connectivity index (χ4n) is 2.77. The molecule has 0 aliphatic heterocycles. The molecule has 3 aromatic carbocycles. The van der Waals surface area contributed by atoms with E-state index in [2.05, 4.69) is 10.6 Å². The van der Waals surface area contributed by atoms with Crippen molar-refractivity contribution in [3.8, 4) is 17.2 Å². The molecular weight excluding hydrogens is 380 g/mol. The van der Waals surface area contributed by atoms with Crippen LogP contribution in [0.5, 0.6) is 17.2 Å². The average Bonchev–Trinajstić information content (AvgIpc) is 2.75. The van der Waals surface area contributed by atoms with Gasteiger partial charge in [0, 0.05) is 11.3 Å². The molecule has 0 saturated heterocycles. The Morgan fingerprint density at radius 1 is 0.867 bits per heavy atom. The van der Waals surface area contributed by atoms with Gasteiger partial charge in [-0.1, -0.05) is 17.7 Å². The first-order chi connectivity index (χ1) is 14.5. The Hall–Kier alpha value is -3.80. The van der Waals surface area contributed by atoms with Gasteiger partial charge in [0.15, 0.2) is 0 Å². The van der Waals surface area contributed by atoms with Crippen molar-refractivity contribution in [3.05, 3.63) is 83.9 Å². The second kappa shape index (κ2) is 10.1. The second-order valence-corrected chi connectivity index (χ2v) is 6.63. The van der Waals surface area contributed by atoms with E-state index in [9.17, 15) is 9.59 Å². The van der Waals surface area contributed by atoms with Gasteiger partial charge in [0.1, 0.15) is 17.2 Å². The molecule has 0 radical (unpaired) electrons. The Balaban J connectivity index is 1.48. The lowest BCUT2D eigenvalue weighted by molar-refractivity contribution is -0.115. The molecular formula is C24H24N2O4. The van der Waals surface area contributed by atoms with E-state index < -0.39 is 0 Å². The third-order valence-corrected chi connectivity index (χ3v) is 4.20. The van der Waals surface area contributed by atoms with Gasteiger partial charge < -0.3 is 20.1 Å². The van der Waals surface area contributed by atoms with E-state index >= 15 is 0 Å². The molecule has 0 bridgehead atoms. The summed E-state index contributed by atoms with van der Waals surface area (Å²) in [5.41, 5.74) is 2.13. The third-order valence-electron chi connectivity index (χ3n) is 4.20. The van der Waals surface area contributed by atoms with Crippen molar-refractivity contribution in [1.82, 2.24) is 5.32 Å². The Morgan fingerprint density at radius 3 is 2.13 bits per heavy atom. The Kier molecular flexibility index (Phi) is 7.05. The van der Waals surface area contributed by atoms with Crippen molar-refractivity contribution >= 4 is 17.5 Å². The van der Waals surface area contributed by atoms with Gasteiger partial charge in [-0.05, 0) is 74.5 Å². The minimum Gasteiger partial charge on any atom is -0.494 e. The van der Waals surface area contributed by atoms with Gasteiger partial charge in [0.25, 0.3) is 5.91 Å². The van der Waals surface area contributed by atoms with Crippen molar-refractivity contribution in [1.29, 1.82) is 0 Å². The summed E-state index contributed by atoms with van der Waals surface area (Å²) in [6.45, 7) is 4.34. The number of aryl methyl sites for hydroxylation is 1. The number of nitrogens with one attached hydrogen (secondary N) is 2. The number of amides is 2. The second-order valence-electron chi connectivity index (χ2n) is 6.63. The van der Waals surface area contributed by atoms with E-state index in [-0.39, 0.29) is 18.4 Å². The van der Waals surface area contributed by atoms with Crippen molar-refractivity contribution in [2.24, 2.45) is 0 Å². The van der Waals surface area contributed by atoms with Crippen LogP contribution >= 0.6 is 0 Å². The van der Waals surface area contributed by atoms with Gasteiger partial charge in [-0.25, -0.2) is 0 Å². The normalized spacial score (nSPS) is 10.2. The van der Waals surface area contributed by atoms with Crippen LogP contribution in [0.1, 0.15) is 22.8 Å². The SMILES string of the molecule is CCOc1ccc(Oc2ccc(NC(=O)CNC(=O)c3cccc(C)c3)cc2)cc1. The molecule has 2 N–H and O–H groups in total. The van der Waals surface area contributed by atoms with Gasteiger partial charge in [0.05, 0.1) is 13.2 Å². The summed E-state index contributed by atoms with van der Waals surface area (Å²) < 4.78 is 11.2. The highest BCUT2D eigenvalue weighted by molar-refractivity contribution is 5.99. The van der Waals surface area contributed by atoms with Crippen molar-refractivity contribution in [2.45, 2.75) is 13.8 Å². The van der Waals surface area contributed by atoms with E-state index in [0.717, 1.165) is 11.3 Å². The number of anilines is 1. The first kappa shape index (κ1) is 20.9. The zero-order chi connectivity index (χ0) is 21.3. The molecule has 30 heavy (non-hydrogen) atoms. The van der Waals surface area contributed by atoms with Crippen LogP contribution in [-0.4, -0.2) is 25.0 Å². The van der Waals surface area contributed by atoms with E-state index in [4.69, 9.17) is 9.47 Å². The predicted octanol–water partition coefficient (Wildman–Crippen LogP) is 4.55. The number of ether oxygens (including phenoxy) is 2. The van der Waals surface area contributed by atoms with Crippen LogP contribution in [0.15, 0.2) is 72.8 Å². The van der Waals surface area contributed by atoms with Crippen LogP contribution in [0.25, 0.3) is 0 Å². The highest BCUT2D eigenvalue weighted by Gasteiger charge is 2.08. The molecule has 0 fully saturated rings. The van der Waals surface area contributed by atoms with E-state index in [0.29, 0.717) is 29.4 Å². The molecule has 0 spiro atoms. The standard InChI is InChI=1S/C24H24N2O4/c1-3-29-20-11-13-22(14-12-20)30-21-9-7-19(8-10-21)26-23(27)16-25-24(28)18-6-4-5-17(2)15-18/h4-15H,3,16H2,1-2H3,(H,25,28)(H,26,27). The third kappa shape index (κ3) is 6.10. The number of rotatable bonds is 8. The van der Waals surface area contributed by atoms with Crippen LogP contribution in [0.3, 0.4) is 0 Å². The largest absolute Gasteiger partial charge is 0.494 e. The molecule has 3 rings (SSSR count). The smallest absolute Gasteiger partial charge is 0.251 e. The molecule has 6 nitrogen and oxygen atoms in total. The fraction of sp³-hybridized carbons (Fsp3) is 0.167. The Bertz CT molecular complexity index is 998. The van der Waals surface area contributed by atoms with E-state index in [1.54, 1.807) is 42.5 Å². The fourth-order valence-corrected chi connectivity index (χ4v) is 2.77. The molecule has 2 amide bonds. The number of hydrogen-bond acceptors (Lipinski definition) is 4. The highest BCUT2D eigenvalue weighted by atomic mass is 16.5. The molecule has 154 valence electrons. The van der Waals surface area contributed by atoms with Crippen molar-refractivity contribution in [2.75, 3.05) is 18.5 Å². The van der Waals surface area contributed by atoms with Gasteiger partial charge in [-0.15, -0.1) is 0 Å². The monoisotopic (exact) mass is 404 g/mol. The minimum absolute atomic E-state index is 0.114. The molecule has 0 unspecified atom stereocenters. The van der Waals surface area contributed by atoms with Crippen molar-refractivity contribution in [3.63, 3.8) is 0 Å². The van der Waals surface area contributed by atoms with Crippen LogP contribution < -0.4 is 20.1 Å². The van der Waals surface area contributed by atoms with Gasteiger partial charge in [-0.3, -0.25) is 9.59 Å². The van der Waals surface area contributed by atoms with Crippen LogP contribution in [-0.2, 0) is 4.79 Å². The maximum absolute atomic E-state index is 12.1. The Morgan fingerprint density at radius 2 is 1.50 bits per heavy atom. The minimum atomic E-state index is -0.309. The maximum Gasteiger partial charge on any atom is 0.251 e. The molecule has 6 heteroatoms.